The molecule has 0 spiro atoms. The molecule has 0 atom stereocenters. The van der Waals surface area contributed by atoms with Gasteiger partial charge in [-0.1, -0.05) is 0 Å². The number of likely N-dealkylation sites (N-methyl/N-ethyl adjacent to an activating group) is 1. The Morgan fingerprint density at radius 3 is 2.47 bits per heavy atom. The van der Waals surface area contributed by atoms with Gasteiger partial charge >= 0.3 is 5.97 Å². The van der Waals surface area contributed by atoms with Crippen molar-refractivity contribution in [2.24, 2.45) is 0 Å². The lowest BCUT2D eigenvalue weighted by Crippen LogP contribution is -2.37. The molecule has 1 amide bonds. The number of methoxy groups -OCH3 is 1. The lowest BCUT2D eigenvalue weighted by molar-refractivity contribution is -0.140. The van der Waals surface area contributed by atoms with Gasteiger partial charge in [-0.05, 0) is 13.3 Å². The molecular formula is C9H18N2O5S. The summed E-state index contributed by atoms with van der Waals surface area (Å²) in [7, 11) is -2.28. The van der Waals surface area contributed by atoms with Gasteiger partial charge in [0.1, 0.15) is 0 Å². The van der Waals surface area contributed by atoms with Crippen molar-refractivity contribution < 1.29 is 22.7 Å². The maximum Gasteiger partial charge on any atom is 0.305 e. The standard InChI is InChI=1S/C9H18N2O5S/c1-3-10-8(12)7-11-17(14,15)6-4-5-9(13)16-2/h11H,3-7H2,1-2H3,(H,10,12). The molecule has 8 heteroatoms. The Morgan fingerprint density at radius 1 is 1.29 bits per heavy atom. The van der Waals surface area contributed by atoms with Crippen molar-refractivity contribution in [3.8, 4) is 0 Å². The molecule has 0 unspecified atom stereocenters. The van der Waals surface area contributed by atoms with E-state index in [0.717, 1.165) is 0 Å². The van der Waals surface area contributed by atoms with E-state index >= 15 is 0 Å². The van der Waals surface area contributed by atoms with Crippen LogP contribution in [0.15, 0.2) is 0 Å². The highest BCUT2D eigenvalue weighted by Crippen LogP contribution is 1.96. The molecule has 2 N–H and O–H groups in total. The molecule has 0 aliphatic carbocycles. The summed E-state index contributed by atoms with van der Waals surface area (Å²) in [6.07, 6.45) is 0.204. The van der Waals surface area contributed by atoms with Crippen molar-refractivity contribution in [2.45, 2.75) is 19.8 Å². The fourth-order valence-electron chi connectivity index (χ4n) is 1.02. The summed E-state index contributed by atoms with van der Waals surface area (Å²) in [5.41, 5.74) is 0. The molecule has 0 aromatic rings. The van der Waals surface area contributed by atoms with E-state index in [1.165, 1.54) is 7.11 Å². The highest BCUT2D eigenvalue weighted by Gasteiger charge is 2.12. The molecular weight excluding hydrogens is 248 g/mol. The van der Waals surface area contributed by atoms with Crippen LogP contribution in [0.4, 0.5) is 0 Å². The molecule has 0 aromatic heterocycles. The number of sulfonamides is 1. The predicted molar refractivity (Wildman–Crippen MR) is 61.7 cm³/mol. The van der Waals surface area contributed by atoms with Gasteiger partial charge in [-0.25, -0.2) is 13.1 Å². The number of ether oxygens (including phenoxy) is 1. The van der Waals surface area contributed by atoms with Gasteiger partial charge in [0.2, 0.25) is 15.9 Å². The first kappa shape index (κ1) is 15.9. The van der Waals surface area contributed by atoms with Crippen LogP contribution in [0.3, 0.4) is 0 Å². The van der Waals surface area contributed by atoms with E-state index < -0.39 is 16.0 Å². The summed E-state index contributed by atoms with van der Waals surface area (Å²) in [5.74, 6) is -1.05. The third kappa shape index (κ3) is 8.64. The maximum atomic E-state index is 11.4. The highest BCUT2D eigenvalue weighted by molar-refractivity contribution is 7.89. The summed E-state index contributed by atoms with van der Waals surface area (Å²) in [6.45, 7) is 1.90. The van der Waals surface area contributed by atoms with E-state index in [4.69, 9.17) is 0 Å². The highest BCUT2D eigenvalue weighted by atomic mass is 32.2. The van der Waals surface area contributed by atoms with Crippen molar-refractivity contribution in [3.63, 3.8) is 0 Å². The summed E-state index contributed by atoms with van der Waals surface area (Å²) in [6, 6.07) is 0. The van der Waals surface area contributed by atoms with Gasteiger partial charge in [0, 0.05) is 13.0 Å². The largest absolute Gasteiger partial charge is 0.469 e. The lowest BCUT2D eigenvalue weighted by atomic mass is 10.3. The van der Waals surface area contributed by atoms with Gasteiger partial charge < -0.3 is 10.1 Å². The molecule has 0 heterocycles. The number of amides is 1. The Balaban J connectivity index is 3.88. The van der Waals surface area contributed by atoms with Gasteiger partial charge in [-0.3, -0.25) is 9.59 Å². The predicted octanol–water partition coefficient (Wildman–Crippen LogP) is -1.00. The second kappa shape index (κ2) is 8.02. The zero-order valence-electron chi connectivity index (χ0n) is 9.99. The zero-order valence-corrected chi connectivity index (χ0v) is 10.8. The summed E-state index contributed by atoms with van der Waals surface area (Å²) in [5, 5.41) is 2.46. The molecule has 7 nitrogen and oxygen atoms in total. The van der Waals surface area contributed by atoms with Crippen molar-refractivity contribution in [1.82, 2.24) is 10.0 Å². The Kier molecular flexibility index (Phi) is 7.47. The van der Waals surface area contributed by atoms with Crippen molar-refractivity contribution in [2.75, 3.05) is 26.0 Å². The Bertz CT molecular complexity index is 352. The van der Waals surface area contributed by atoms with Crippen LogP contribution in [-0.2, 0) is 24.3 Å². The van der Waals surface area contributed by atoms with Crippen LogP contribution < -0.4 is 10.0 Å². The van der Waals surface area contributed by atoms with Crippen LogP contribution >= 0.6 is 0 Å². The van der Waals surface area contributed by atoms with Gasteiger partial charge in [0.25, 0.3) is 0 Å². The number of carbonyl (C=O) groups excluding carboxylic acids is 2. The lowest BCUT2D eigenvalue weighted by Gasteiger charge is -2.06. The summed E-state index contributed by atoms with van der Waals surface area (Å²) >= 11 is 0. The van der Waals surface area contributed by atoms with E-state index in [2.05, 4.69) is 14.8 Å². The first-order valence-electron chi connectivity index (χ1n) is 5.22. The molecule has 0 fully saturated rings. The van der Waals surface area contributed by atoms with E-state index in [-0.39, 0.29) is 31.0 Å². The topological polar surface area (TPSA) is 102 Å². The number of carbonyl (C=O) groups is 2. The second-order valence-electron chi connectivity index (χ2n) is 3.27. The average Bonchev–Trinajstić information content (AvgIpc) is 2.26. The number of nitrogens with one attached hydrogen (secondary N) is 2. The maximum absolute atomic E-state index is 11.4. The third-order valence-electron chi connectivity index (χ3n) is 1.85. The molecule has 0 aliphatic rings. The molecule has 0 saturated carbocycles. The first-order valence-corrected chi connectivity index (χ1v) is 6.87. The number of hydrogen-bond acceptors (Lipinski definition) is 5. The van der Waals surface area contributed by atoms with E-state index in [0.29, 0.717) is 6.54 Å². The molecule has 0 bridgehead atoms. The minimum Gasteiger partial charge on any atom is -0.469 e. The van der Waals surface area contributed by atoms with Crippen LogP contribution in [0.25, 0.3) is 0 Å². The van der Waals surface area contributed by atoms with E-state index in [9.17, 15) is 18.0 Å². The van der Waals surface area contributed by atoms with Crippen LogP contribution in [0.1, 0.15) is 19.8 Å². The van der Waals surface area contributed by atoms with Crippen LogP contribution in [-0.4, -0.2) is 46.2 Å². The monoisotopic (exact) mass is 266 g/mol. The molecule has 0 radical (unpaired) electrons. The van der Waals surface area contributed by atoms with Gasteiger partial charge in [0.05, 0.1) is 19.4 Å². The Labute approximate surface area is 101 Å². The number of rotatable bonds is 8. The average molecular weight is 266 g/mol. The summed E-state index contributed by atoms with van der Waals surface area (Å²) in [4.78, 5) is 21.8. The normalized spacial score (nSPS) is 10.9. The smallest absolute Gasteiger partial charge is 0.305 e. The fourth-order valence-corrected chi connectivity index (χ4v) is 2.04. The van der Waals surface area contributed by atoms with Crippen LogP contribution in [0.2, 0.25) is 0 Å². The van der Waals surface area contributed by atoms with Crippen molar-refractivity contribution in [1.29, 1.82) is 0 Å². The molecule has 0 rings (SSSR count). The quantitative estimate of drug-likeness (QED) is 0.548. The minimum absolute atomic E-state index is 0.0402. The minimum atomic E-state index is -3.52. The fraction of sp³-hybridized carbons (Fsp3) is 0.778. The van der Waals surface area contributed by atoms with Gasteiger partial charge in [-0.2, -0.15) is 0 Å². The van der Waals surface area contributed by atoms with E-state index in [1.807, 2.05) is 0 Å². The molecule has 0 saturated heterocycles. The third-order valence-corrected chi connectivity index (χ3v) is 3.26. The second-order valence-corrected chi connectivity index (χ2v) is 5.20. The van der Waals surface area contributed by atoms with Crippen molar-refractivity contribution in [3.05, 3.63) is 0 Å². The van der Waals surface area contributed by atoms with Crippen LogP contribution in [0, 0.1) is 0 Å². The molecule has 0 aliphatic heterocycles. The van der Waals surface area contributed by atoms with Crippen LogP contribution in [0.5, 0.6) is 0 Å². The SMILES string of the molecule is CCNC(=O)CNS(=O)(=O)CCCC(=O)OC. The Morgan fingerprint density at radius 2 is 1.94 bits per heavy atom. The van der Waals surface area contributed by atoms with Crippen molar-refractivity contribution >= 4 is 21.9 Å². The Hall–Kier alpha value is -1.15. The molecule has 17 heavy (non-hydrogen) atoms. The zero-order chi connectivity index (χ0) is 13.3. The first-order chi connectivity index (χ1) is 7.91. The number of hydrogen-bond donors (Lipinski definition) is 2. The summed E-state index contributed by atoms with van der Waals surface area (Å²) < 4.78 is 29.3. The number of esters is 1. The van der Waals surface area contributed by atoms with Gasteiger partial charge in [0.15, 0.2) is 0 Å². The molecule has 100 valence electrons. The molecule has 0 aromatic carbocycles. The van der Waals surface area contributed by atoms with Gasteiger partial charge in [-0.15, -0.1) is 0 Å². The van der Waals surface area contributed by atoms with E-state index in [1.54, 1.807) is 6.92 Å².